The number of aliphatic hydroxyl groups is 1. The molecule has 0 saturated carbocycles. The van der Waals surface area contributed by atoms with Gasteiger partial charge in [-0.3, -0.25) is 14.4 Å². The normalized spacial score (nSPS) is 15.0. The second-order valence-corrected chi connectivity index (χ2v) is 35.8. The number of alkyl halides is 1. The van der Waals surface area contributed by atoms with E-state index in [0.717, 1.165) is 38.7 Å². The van der Waals surface area contributed by atoms with Gasteiger partial charge in [0.25, 0.3) is 0 Å². The molecule has 1 amide bonds. The largest absolute Gasteiger partial charge is 0.862 e. The Balaban J connectivity index is 0.00000161. The molecular weight excluding hydrogens is 1770 g/mol. The van der Waals surface area contributed by atoms with Crippen molar-refractivity contribution in [3.8, 4) is 0 Å². The summed E-state index contributed by atoms with van der Waals surface area (Å²) in [5.74, 6) is -2.72. The molecule has 41 heteroatoms. The lowest BCUT2D eigenvalue weighted by Gasteiger charge is -2.38. The number of methoxy groups -OCH3 is 7. The quantitative estimate of drug-likeness (QED) is 0.00410. The van der Waals surface area contributed by atoms with E-state index in [1.165, 1.54) is 93.0 Å². The third kappa shape index (κ3) is 42.6. The number of hydrogen-bond acceptors (Lipinski definition) is 31. The van der Waals surface area contributed by atoms with Crippen LogP contribution in [-0.2, 0) is 57.0 Å². The van der Waals surface area contributed by atoms with Crippen molar-refractivity contribution in [2.45, 2.75) is 288 Å². The Labute approximate surface area is 769 Å². The molecule has 4 heterocycles. The van der Waals surface area contributed by atoms with Crippen LogP contribution in [0, 0.1) is 59.2 Å². The van der Waals surface area contributed by atoms with Gasteiger partial charge in [-0.25, -0.2) is 39.1 Å². The molecule has 0 aromatic carbocycles. The van der Waals surface area contributed by atoms with E-state index in [4.69, 9.17) is 55.3 Å². The first kappa shape index (κ1) is 118. The van der Waals surface area contributed by atoms with Gasteiger partial charge in [-0.15, -0.1) is 45.3 Å². The smallest absolute Gasteiger partial charge is 0.357 e. The first-order valence-electron chi connectivity index (χ1n) is 42.9. The Morgan fingerprint density at radius 1 is 0.452 bits per heavy atom. The first-order chi connectivity index (χ1) is 60.0. The molecule has 126 heavy (non-hydrogen) atoms. The number of aliphatic hydroxyl groups excluding tert-OH is 1. The Hall–Kier alpha value is -7.84. The molecule has 710 valence electrons. The monoisotopic (exact) mass is 1910 g/mol. The van der Waals surface area contributed by atoms with Gasteiger partial charge in [-0.1, -0.05) is 212 Å². The predicted molar refractivity (Wildman–Crippen MR) is 493 cm³/mol. The van der Waals surface area contributed by atoms with Crippen LogP contribution in [0.25, 0.3) is 41.8 Å². The molecule has 0 fully saturated rings. The number of ketones is 2. The molecule has 0 aliphatic heterocycles. The molecule has 0 aliphatic rings. The number of Topliss-reactive ketones (excluding diaryl/α,β-unsaturated/α-hetero) is 2. The van der Waals surface area contributed by atoms with Gasteiger partial charge in [0.05, 0.1) is 52.6 Å². The Bertz CT molecular complexity index is 4020. The minimum atomic E-state index is -0.880. The average molecular weight is 1910 g/mol. The van der Waals surface area contributed by atoms with Gasteiger partial charge < -0.3 is 62.7 Å². The molecule has 4 aromatic heterocycles. The summed E-state index contributed by atoms with van der Waals surface area (Å²) in [5.41, 5.74) is 37.0. The number of azide groups is 4. The van der Waals surface area contributed by atoms with E-state index >= 15 is 0 Å². The molecular formula is C85H140BrN18O18S4-. The van der Waals surface area contributed by atoms with E-state index < -0.39 is 72.3 Å². The van der Waals surface area contributed by atoms with E-state index in [2.05, 4.69) is 118 Å². The number of amides is 1. The topological polar surface area (TPSA) is 508 Å². The number of aliphatic imine (C=N–C) groups is 1. The highest BCUT2D eigenvalue weighted by Gasteiger charge is 2.38. The van der Waals surface area contributed by atoms with Crippen LogP contribution in [-0.4, -0.2) is 189 Å². The van der Waals surface area contributed by atoms with Crippen molar-refractivity contribution in [1.82, 2.24) is 24.8 Å². The molecule has 0 aliphatic carbocycles. The summed E-state index contributed by atoms with van der Waals surface area (Å²) in [6.07, 6.45) is 9.90. The number of carbonyl (C=O) groups is 7. The summed E-state index contributed by atoms with van der Waals surface area (Å²) >= 11 is 8.30. The lowest BCUT2D eigenvalue weighted by atomic mass is 9.82. The minimum absolute atomic E-state index is 0.00369. The maximum Gasteiger partial charge on any atom is 0.357 e. The van der Waals surface area contributed by atoms with Crippen LogP contribution < -0.4 is 5.11 Å². The zero-order chi connectivity index (χ0) is 95.7. The summed E-state index contributed by atoms with van der Waals surface area (Å²) in [6, 6.07) is -3.60. The van der Waals surface area contributed by atoms with E-state index in [1.807, 2.05) is 96.9 Å². The summed E-state index contributed by atoms with van der Waals surface area (Å²) in [5, 5.41) is 46.8. The Morgan fingerprint density at radius 3 is 1.13 bits per heavy atom. The molecule has 36 nitrogen and oxygen atoms in total. The fourth-order valence-electron chi connectivity index (χ4n) is 12.5. The number of hydrogen-bond donors (Lipinski definition) is 1. The van der Waals surface area contributed by atoms with Crippen molar-refractivity contribution >= 4 is 109 Å². The first-order valence-corrected chi connectivity index (χ1v) is 47.5. The Kier molecular flexibility index (Phi) is 63.2. The fraction of sp³-hybridized carbons (Fsp3) is 0.765. The van der Waals surface area contributed by atoms with Gasteiger partial charge in [0.1, 0.15) is 74.3 Å². The minimum Gasteiger partial charge on any atom is -0.862 e. The van der Waals surface area contributed by atoms with E-state index in [1.54, 1.807) is 47.7 Å². The molecule has 0 spiro atoms. The van der Waals surface area contributed by atoms with Crippen molar-refractivity contribution < 1.29 is 86.4 Å². The van der Waals surface area contributed by atoms with Crippen molar-refractivity contribution in [1.29, 1.82) is 0 Å². The third-order valence-electron chi connectivity index (χ3n) is 21.6. The fourth-order valence-corrected chi connectivity index (χ4v) is 16.1. The average Bonchev–Trinajstić information content (AvgIpc) is 1.74. The van der Waals surface area contributed by atoms with Gasteiger partial charge in [-0.05, 0) is 113 Å². The third-order valence-corrected chi connectivity index (χ3v) is 25.7. The zero-order valence-corrected chi connectivity index (χ0v) is 83.3. The Morgan fingerprint density at radius 2 is 0.786 bits per heavy atom. The lowest BCUT2D eigenvalue weighted by molar-refractivity contribution is -0.222. The number of rotatable bonds is 56. The number of unbranched alkanes of at least 4 members (excludes halogenated alkanes) is 4. The summed E-state index contributed by atoms with van der Waals surface area (Å²) in [4.78, 5) is 120. The van der Waals surface area contributed by atoms with Gasteiger partial charge >= 0.3 is 23.9 Å². The zero-order valence-electron chi connectivity index (χ0n) is 78.4. The SMILES string of the molecule is CCC(C)[C@H](N=[N+]=[N-])C(=O)C[C@H](C[C@@H](O)c1nc(C(=O)OC)cs1)C(C)C.CCC(C)[C@H](N=[N+]=[N-])C(=O)C[C@H](C[C@@H](OC)c1nc(C(=O)OC)cs1)C(C)C.CCC(C)[C@H](N=[N+]=[N-])C([O-])=N[C@H](C[C@@H](OC)c1nc(C(=O)OC)cs1)C(C)C.CCCCCOCBr.CCCCCOCN(C(=O)[C@@H](N=[N+]=[N-])C(C)CC)[C@H](C[C@@H](OC)c1nc(C(=O)OC)cs1)C(C)C. The van der Waals surface area contributed by atoms with Crippen LogP contribution in [0.3, 0.4) is 0 Å². The lowest BCUT2D eigenvalue weighted by Crippen LogP contribution is -2.50. The number of ether oxygens (including phenoxy) is 9. The predicted octanol–water partition coefficient (Wildman–Crippen LogP) is 21.1. The molecule has 4 aromatic rings. The summed E-state index contributed by atoms with van der Waals surface area (Å²) in [6.45, 7) is 37.3. The van der Waals surface area contributed by atoms with Gasteiger partial charge in [-0.2, -0.15) is 0 Å². The maximum atomic E-state index is 13.7. The van der Waals surface area contributed by atoms with Crippen molar-refractivity contribution in [3.05, 3.63) is 106 Å². The molecule has 0 saturated heterocycles. The van der Waals surface area contributed by atoms with Gasteiger partial charge in [0.15, 0.2) is 22.8 Å². The van der Waals surface area contributed by atoms with Crippen LogP contribution in [0.1, 0.15) is 314 Å². The molecule has 0 bridgehead atoms. The number of nitrogens with zero attached hydrogens (tertiary/aromatic N) is 18. The standard InChI is InChI=1S/C24H41N5O5S.C19H30N4O4S.C18H29N5O4S.C18H28N4O4S.C6H13BrO/c1-8-10-11-12-34-15-29(23(30)21(27-28-25)17(5)9-2)19(16(3)4)13-20(32-6)22-26-18(14-35-22)24(31)33-7;1-7-12(4)17(22-23-20)15(24)8-13(11(2)3)9-16(26-5)18-21-14(10-28-18)19(25)27-6;1-7-11(4)15(22-23-19)16(24)20-12(10(2)3)8-14(26-5)17-21-13(9-28-17)18(25)27-6;1-6-11(4)16(21-22-19)14(23)7-12(10(2)3)8-15(24)17-20-13(9-27-17)18(25)26-5;1-2-3-4-5-8-6-7/h14,16-17,19-21H,8-13,15H2,1-7H3;10-13,16-17H,7-9H2,1-6H3;9-12,14-15H,7-8H2,1-6H3,(H,20,24);9-12,15-16,24H,6-8H2,1-5H3;2-6H2,1H3/p-1/t17?,19-,20-,21+;12?,13-,16-,17+;11?,12-,14-,15+;11?,12-,15-,16+;/m1111./s1. The van der Waals surface area contributed by atoms with Crippen LogP contribution >= 0.6 is 61.3 Å². The highest BCUT2D eigenvalue weighted by molar-refractivity contribution is 9.09. The summed E-state index contributed by atoms with van der Waals surface area (Å²) in [7, 11) is 9.91. The highest BCUT2D eigenvalue weighted by atomic mass is 79.9. The summed E-state index contributed by atoms with van der Waals surface area (Å²) < 4.78 is 46.6. The van der Waals surface area contributed by atoms with E-state index in [-0.39, 0.29) is 131 Å². The molecule has 1 N–H and O–H groups in total. The van der Waals surface area contributed by atoms with Crippen LogP contribution in [0.4, 0.5) is 0 Å². The van der Waals surface area contributed by atoms with Crippen molar-refractivity contribution in [3.63, 3.8) is 0 Å². The van der Waals surface area contributed by atoms with Gasteiger partial charge in [0.2, 0.25) is 5.91 Å². The molecule has 4 unspecified atom stereocenters. The molecule has 4 rings (SSSR count). The van der Waals surface area contributed by atoms with Crippen molar-refractivity contribution in [2.75, 3.05) is 75.2 Å². The van der Waals surface area contributed by atoms with Crippen LogP contribution in [0.5, 0.6) is 0 Å². The van der Waals surface area contributed by atoms with Crippen molar-refractivity contribution in [2.24, 2.45) is 84.6 Å². The van der Waals surface area contributed by atoms with Crippen LogP contribution in [0.2, 0.25) is 0 Å². The highest BCUT2D eigenvalue weighted by Crippen LogP contribution is 2.37. The van der Waals surface area contributed by atoms with Crippen LogP contribution in [0.15, 0.2) is 47.0 Å². The number of esters is 4. The second kappa shape index (κ2) is 67.4. The number of halogens is 1. The second-order valence-electron chi connectivity index (χ2n) is 31.7. The van der Waals surface area contributed by atoms with Gasteiger partial charge in [0, 0.05) is 107 Å². The van der Waals surface area contributed by atoms with E-state index in [9.17, 15) is 43.8 Å². The molecule has 16 atom stereocenters. The number of thiazole rings is 4. The number of carbonyl (C=O) groups excluding carboxylic acids is 7. The number of aromatic nitrogens is 4. The van der Waals surface area contributed by atoms with E-state index in [0.29, 0.717) is 77.1 Å². The maximum absolute atomic E-state index is 13.7. The molecule has 0 radical (unpaired) electrons.